The van der Waals surface area contributed by atoms with Crippen molar-refractivity contribution in [2.75, 3.05) is 11.9 Å². The zero-order chi connectivity index (χ0) is 17.3. The highest BCUT2D eigenvalue weighted by Gasteiger charge is 2.34. The average Bonchev–Trinajstić information content (AvgIpc) is 2.55. The molecule has 0 aromatic heterocycles. The Morgan fingerprint density at radius 1 is 1.17 bits per heavy atom. The Bertz CT molecular complexity index is 779. The average molecular weight is 402 g/mol. The number of fused-ring (bicyclic) bond motifs is 1. The number of carbonyl (C=O) groups excluding carboxylic acids is 1. The number of halogens is 4. The highest BCUT2D eigenvalue weighted by Crippen LogP contribution is 2.36. The number of anilines is 1. The van der Waals surface area contributed by atoms with Gasteiger partial charge in [-0.2, -0.15) is 13.2 Å². The number of ether oxygens (including phenoxy) is 2. The first-order valence-electron chi connectivity index (χ1n) is 6.90. The Labute approximate surface area is 143 Å². The van der Waals surface area contributed by atoms with Crippen LogP contribution in [0.25, 0.3) is 0 Å². The van der Waals surface area contributed by atoms with Gasteiger partial charge in [-0.1, -0.05) is 28.1 Å². The molecule has 0 aliphatic carbocycles. The van der Waals surface area contributed by atoms with E-state index in [9.17, 15) is 18.0 Å². The molecule has 3 rings (SSSR count). The predicted molar refractivity (Wildman–Crippen MR) is 84.1 cm³/mol. The number of rotatable bonds is 2. The smallest absolute Gasteiger partial charge is 0.417 e. The normalized spacial score (nSPS) is 16.6. The number of benzene rings is 2. The van der Waals surface area contributed by atoms with Crippen LogP contribution in [-0.4, -0.2) is 18.6 Å². The molecule has 24 heavy (non-hydrogen) atoms. The topological polar surface area (TPSA) is 47.6 Å². The molecule has 1 aliphatic heterocycles. The summed E-state index contributed by atoms with van der Waals surface area (Å²) >= 11 is 2.85. The lowest BCUT2D eigenvalue weighted by Crippen LogP contribution is -2.40. The fourth-order valence-corrected chi connectivity index (χ4v) is 2.66. The molecule has 8 heteroatoms. The highest BCUT2D eigenvalue weighted by molar-refractivity contribution is 9.10. The van der Waals surface area contributed by atoms with E-state index in [4.69, 9.17) is 9.47 Å². The summed E-state index contributed by atoms with van der Waals surface area (Å²) in [7, 11) is 0. The lowest BCUT2D eigenvalue weighted by molar-refractivity contribution is -0.138. The van der Waals surface area contributed by atoms with Crippen molar-refractivity contribution in [3.63, 3.8) is 0 Å². The lowest BCUT2D eigenvalue weighted by Gasteiger charge is -2.25. The number of amides is 1. The zero-order valence-corrected chi connectivity index (χ0v) is 13.6. The van der Waals surface area contributed by atoms with E-state index in [2.05, 4.69) is 21.2 Å². The number of nitrogens with one attached hydrogen (secondary N) is 1. The summed E-state index contributed by atoms with van der Waals surface area (Å²) < 4.78 is 49.5. The van der Waals surface area contributed by atoms with Crippen molar-refractivity contribution in [2.45, 2.75) is 12.3 Å². The number of carbonyl (C=O) groups is 1. The molecular formula is C16H11BrF3NO3. The van der Waals surface area contributed by atoms with Crippen molar-refractivity contribution in [1.82, 2.24) is 0 Å². The van der Waals surface area contributed by atoms with Crippen LogP contribution in [0.4, 0.5) is 18.9 Å². The summed E-state index contributed by atoms with van der Waals surface area (Å²) in [6.45, 7) is -0.0223. The van der Waals surface area contributed by atoms with E-state index in [-0.39, 0.29) is 16.8 Å². The monoisotopic (exact) mass is 401 g/mol. The van der Waals surface area contributed by atoms with Gasteiger partial charge in [0.2, 0.25) is 6.10 Å². The minimum Gasteiger partial charge on any atom is -0.485 e. The highest BCUT2D eigenvalue weighted by atomic mass is 79.9. The van der Waals surface area contributed by atoms with Crippen LogP contribution in [0.3, 0.4) is 0 Å². The van der Waals surface area contributed by atoms with Crippen LogP contribution in [0.1, 0.15) is 5.56 Å². The third-order valence-corrected chi connectivity index (χ3v) is 4.03. The van der Waals surface area contributed by atoms with Crippen LogP contribution in [-0.2, 0) is 11.0 Å². The summed E-state index contributed by atoms with van der Waals surface area (Å²) in [4.78, 5) is 12.2. The van der Waals surface area contributed by atoms with Gasteiger partial charge in [-0.25, -0.2) is 0 Å². The predicted octanol–water partition coefficient (Wildman–Crippen LogP) is 4.25. The van der Waals surface area contributed by atoms with E-state index in [1.165, 1.54) is 12.1 Å². The molecule has 0 radical (unpaired) electrons. The number of para-hydroxylation sites is 2. The number of alkyl halides is 3. The minimum absolute atomic E-state index is 0.0223. The molecule has 2 aromatic rings. The maximum atomic E-state index is 12.9. The molecule has 126 valence electrons. The van der Waals surface area contributed by atoms with E-state index in [1.807, 2.05) is 0 Å². The number of hydrogen-bond acceptors (Lipinski definition) is 3. The molecule has 1 N–H and O–H groups in total. The first-order valence-corrected chi connectivity index (χ1v) is 7.70. The fourth-order valence-electron chi connectivity index (χ4n) is 2.19. The quantitative estimate of drug-likeness (QED) is 0.818. The van der Waals surface area contributed by atoms with E-state index in [1.54, 1.807) is 24.3 Å². The summed E-state index contributed by atoms with van der Waals surface area (Å²) in [5.74, 6) is 0.347. The van der Waals surface area contributed by atoms with Crippen LogP contribution in [0.5, 0.6) is 11.5 Å². The zero-order valence-electron chi connectivity index (χ0n) is 12.1. The molecule has 0 fully saturated rings. The van der Waals surface area contributed by atoms with E-state index in [0.717, 1.165) is 6.07 Å². The standard InChI is InChI=1S/C16H11BrF3NO3/c17-11-6-5-9(7-10(11)16(18,19)20)21-15(22)14-8-23-12-3-1-2-4-13(12)24-14/h1-7,14H,8H2,(H,21,22). The first-order chi connectivity index (χ1) is 11.3. The van der Waals surface area contributed by atoms with Gasteiger partial charge in [0.05, 0.1) is 5.56 Å². The van der Waals surface area contributed by atoms with Crippen molar-refractivity contribution in [3.8, 4) is 11.5 Å². The number of hydrogen-bond donors (Lipinski definition) is 1. The molecule has 1 atom stereocenters. The largest absolute Gasteiger partial charge is 0.485 e. The van der Waals surface area contributed by atoms with Gasteiger partial charge < -0.3 is 14.8 Å². The second kappa shape index (κ2) is 6.35. The van der Waals surface area contributed by atoms with Crippen LogP contribution in [0.2, 0.25) is 0 Å². The third kappa shape index (κ3) is 3.48. The Balaban J connectivity index is 1.74. The molecule has 1 aliphatic rings. The van der Waals surface area contributed by atoms with Crippen molar-refractivity contribution in [2.24, 2.45) is 0 Å². The van der Waals surface area contributed by atoms with E-state index < -0.39 is 23.8 Å². The Kier molecular flexibility index (Phi) is 4.40. The van der Waals surface area contributed by atoms with Gasteiger partial charge in [-0.15, -0.1) is 0 Å². The fraction of sp³-hybridized carbons (Fsp3) is 0.188. The van der Waals surface area contributed by atoms with Gasteiger partial charge in [0, 0.05) is 10.2 Å². The minimum atomic E-state index is -4.52. The third-order valence-electron chi connectivity index (χ3n) is 3.34. The van der Waals surface area contributed by atoms with E-state index >= 15 is 0 Å². The van der Waals surface area contributed by atoms with Gasteiger partial charge in [0.15, 0.2) is 11.5 Å². The maximum absolute atomic E-state index is 12.9. The molecule has 4 nitrogen and oxygen atoms in total. The second-order valence-electron chi connectivity index (χ2n) is 5.05. The summed E-state index contributed by atoms with van der Waals surface area (Å²) in [5, 5.41) is 2.42. The molecule has 1 amide bonds. The van der Waals surface area contributed by atoms with Gasteiger partial charge >= 0.3 is 6.18 Å². The van der Waals surface area contributed by atoms with Gasteiger partial charge in [-0.05, 0) is 30.3 Å². The molecule has 1 unspecified atom stereocenters. The molecule has 0 saturated carbocycles. The van der Waals surface area contributed by atoms with Gasteiger partial charge in [0.25, 0.3) is 5.91 Å². The van der Waals surface area contributed by atoms with Crippen molar-refractivity contribution >= 4 is 27.5 Å². The van der Waals surface area contributed by atoms with Crippen molar-refractivity contribution in [3.05, 3.63) is 52.5 Å². The molecule has 2 aromatic carbocycles. The second-order valence-corrected chi connectivity index (χ2v) is 5.90. The molecule has 0 saturated heterocycles. The van der Waals surface area contributed by atoms with Crippen molar-refractivity contribution < 1.29 is 27.4 Å². The van der Waals surface area contributed by atoms with Crippen molar-refractivity contribution in [1.29, 1.82) is 0 Å². The summed E-state index contributed by atoms with van der Waals surface area (Å²) in [6, 6.07) is 10.3. The Morgan fingerprint density at radius 2 is 1.88 bits per heavy atom. The Hall–Kier alpha value is -2.22. The first kappa shape index (κ1) is 16.6. The SMILES string of the molecule is O=C(Nc1ccc(Br)c(C(F)(F)F)c1)C1COc2ccccc2O1. The maximum Gasteiger partial charge on any atom is 0.417 e. The Morgan fingerprint density at radius 3 is 2.58 bits per heavy atom. The van der Waals surface area contributed by atoms with Crippen LogP contribution < -0.4 is 14.8 Å². The van der Waals surface area contributed by atoms with Crippen LogP contribution in [0.15, 0.2) is 46.9 Å². The molecule has 0 spiro atoms. The van der Waals surface area contributed by atoms with E-state index in [0.29, 0.717) is 11.5 Å². The van der Waals surface area contributed by atoms with Crippen LogP contribution in [0, 0.1) is 0 Å². The molecular weight excluding hydrogens is 391 g/mol. The van der Waals surface area contributed by atoms with Gasteiger partial charge in [-0.3, -0.25) is 4.79 Å². The lowest BCUT2D eigenvalue weighted by atomic mass is 10.2. The summed E-state index contributed by atoms with van der Waals surface area (Å²) in [5.41, 5.74) is -0.843. The van der Waals surface area contributed by atoms with Gasteiger partial charge in [0.1, 0.15) is 6.61 Å². The molecule has 1 heterocycles. The molecule has 0 bridgehead atoms. The van der Waals surface area contributed by atoms with Crippen LogP contribution >= 0.6 is 15.9 Å². The summed E-state index contributed by atoms with van der Waals surface area (Å²) in [6.07, 6.45) is -5.47.